The molecule has 1 aliphatic carbocycles. The summed E-state index contributed by atoms with van der Waals surface area (Å²) in [5.41, 5.74) is 0.175. The van der Waals surface area contributed by atoms with Crippen LogP contribution in [0.5, 0.6) is 0 Å². The molecule has 0 radical (unpaired) electrons. The van der Waals surface area contributed by atoms with Crippen molar-refractivity contribution < 1.29 is 22.7 Å². The van der Waals surface area contributed by atoms with Gasteiger partial charge in [-0.1, -0.05) is 17.4 Å². The lowest BCUT2D eigenvalue weighted by molar-refractivity contribution is 0.0606. The molecule has 8 nitrogen and oxygen atoms in total. The number of nitrogens with one attached hydrogen (secondary N) is 2. The first-order valence-electron chi connectivity index (χ1n) is 7.37. The van der Waals surface area contributed by atoms with Gasteiger partial charge in [-0.15, -0.1) is 0 Å². The van der Waals surface area contributed by atoms with E-state index in [1.54, 1.807) is 0 Å². The standard InChI is InChI=1S/C15H15N3O5S2/c1-23-14(20)12-8-16-15(24-12)17-13(19)9-3-2-4-11(7-9)25(21,22)18-10-5-6-10/h2-4,7-8,10,18H,5-6H2,1H3,(H,16,17,19). The number of hydrogen-bond acceptors (Lipinski definition) is 7. The number of nitrogens with zero attached hydrogens (tertiary/aromatic N) is 1. The summed E-state index contributed by atoms with van der Waals surface area (Å²) < 4.78 is 31.6. The fourth-order valence-electron chi connectivity index (χ4n) is 1.99. The maximum atomic E-state index is 12.3. The van der Waals surface area contributed by atoms with Crippen molar-refractivity contribution in [3.63, 3.8) is 0 Å². The molecule has 0 saturated heterocycles. The molecule has 25 heavy (non-hydrogen) atoms. The summed E-state index contributed by atoms with van der Waals surface area (Å²) in [5.74, 6) is -1.06. The highest BCUT2D eigenvalue weighted by atomic mass is 32.2. The number of aromatic nitrogens is 1. The Morgan fingerprint density at radius 3 is 2.76 bits per heavy atom. The van der Waals surface area contributed by atoms with Crippen LogP contribution in [0, 0.1) is 0 Å². The van der Waals surface area contributed by atoms with Gasteiger partial charge in [0.25, 0.3) is 5.91 Å². The minimum Gasteiger partial charge on any atom is -0.465 e. The van der Waals surface area contributed by atoms with Crippen molar-refractivity contribution in [2.45, 2.75) is 23.8 Å². The van der Waals surface area contributed by atoms with E-state index in [-0.39, 0.29) is 26.5 Å². The molecule has 2 N–H and O–H groups in total. The van der Waals surface area contributed by atoms with Gasteiger partial charge in [0.15, 0.2) is 5.13 Å². The summed E-state index contributed by atoms with van der Waals surface area (Å²) in [4.78, 5) is 27.9. The molecule has 1 aromatic heterocycles. The number of hydrogen-bond donors (Lipinski definition) is 2. The number of anilines is 1. The Labute approximate surface area is 148 Å². The molecule has 1 aromatic carbocycles. The lowest BCUT2D eigenvalue weighted by Gasteiger charge is -2.07. The molecule has 1 aliphatic rings. The van der Waals surface area contributed by atoms with Crippen LogP contribution >= 0.6 is 11.3 Å². The zero-order chi connectivity index (χ0) is 18.0. The van der Waals surface area contributed by atoms with Gasteiger partial charge in [0, 0.05) is 11.6 Å². The molecular weight excluding hydrogens is 366 g/mol. The van der Waals surface area contributed by atoms with Crippen LogP contribution in [0.4, 0.5) is 5.13 Å². The van der Waals surface area contributed by atoms with E-state index < -0.39 is 21.9 Å². The summed E-state index contributed by atoms with van der Waals surface area (Å²) in [7, 11) is -2.39. The van der Waals surface area contributed by atoms with Crippen LogP contribution in [-0.2, 0) is 14.8 Å². The first kappa shape index (κ1) is 17.5. The molecule has 3 rings (SSSR count). The van der Waals surface area contributed by atoms with Gasteiger partial charge < -0.3 is 4.74 Å². The number of amides is 1. The molecule has 132 valence electrons. The van der Waals surface area contributed by atoms with Crippen molar-refractivity contribution in [1.82, 2.24) is 9.71 Å². The predicted molar refractivity (Wildman–Crippen MR) is 91.2 cm³/mol. The number of thiazole rings is 1. The van der Waals surface area contributed by atoms with Crippen LogP contribution in [0.25, 0.3) is 0 Å². The summed E-state index contributed by atoms with van der Waals surface area (Å²) in [6, 6.07) is 5.71. The van der Waals surface area contributed by atoms with Crippen LogP contribution in [0.15, 0.2) is 35.4 Å². The van der Waals surface area contributed by atoms with Crippen LogP contribution < -0.4 is 10.0 Å². The Balaban J connectivity index is 1.75. The Bertz CT molecular complexity index is 919. The molecule has 0 unspecified atom stereocenters. The van der Waals surface area contributed by atoms with Gasteiger partial charge in [-0.2, -0.15) is 0 Å². The fourth-order valence-corrected chi connectivity index (χ4v) is 4.07. The van der Waals surface area contributed by atoms with Crippen molar-refractivity contribution in [3.8, 4) is 0 Å². The molecule has 1 saturated carbocycles. The van der Waals surface area contributed by atoms with Gasteiger partial charge >= 0.3 is 5.97 Å². The number of ether oxygens (including phenoxy) is 1. The second-order valence-electron chi connectivity index (χ2n) is 5.40. The Hall–Kier alpha value is -2.30. The third kappa shape index (κ3) is 4.21. The second-order valence-corrected chi connectivity index (χ2v) is 8.14. The Kier molecular flexibility index (Phi) is 4.84. The van der Waals surface area contributed by atoms with E-state index in [0.29, 0.717) is 0 Å². The smallest absolute Gasteiger partial charge is 0.349 e. The van der Waals surface area contributed by atoms with Gasteiger partial charge in [-0.25, -0.2) is 22.9 Å². The van der Waals surface area contributed by atoms with Crippen molar-refractivity contribution in [3.05, 3.63) is 40.9 Å². The van der Waals surface area contributed by atoms with Crippen LogP contribution in [-0.4, -0.2) is 38.4 Å². The molecule has 2 aromatic rings. The van der Waals surface area contributed by atoms with E-state index in [4.69, 9.17) is 0 Å². The molecule has 1 heterocycles. The maximum absolute atomic E-state index is 12.3. The number of sulfonamides is 1. The van der Waals surface area contributed by atoms with Crippen LogP contribution in [0.3, 0.4) is 0 Å². The molecule has 0 aliphatic heterocycles. The summed E-state index contributed by atoms with van der Waals surface area (Å²) in [6.07, 6.45) is 2.95. The van der Waals surface area contributed by atoms with Crippen LogP contribution in [0.1, 0.15) is 32.9 Å². The largest absolute Gasteiger partial charge is 0.465 e. The average molecular weight is 381 g/mol. The van der Waals surface area contributed by atoms with E-state index in [9.17, 15) is 18.0 Å². The van der Waals surface area contributed by atoms with Crippen molar-refractivity contribution in [2.75, 3.05) is 12.4 Å². The van der Waals surface area contributed by atoms with Gasteiger partial charge in [0.05, 0.1) is 18.2 Å². The molecule has 1 fully saturated rings. The Morgan fingerprint density at radius 1 is 1.32 bits per heavy atom. The normalized spacial score (nSPS) is 14.1. The zero-order valence-electron chi connectivity index (χ0n) is 13.2. The van der Waals surface area contributed by atoms with Gasteiger partial charge in [0.1, 0.15) is 4.88 Å². The SMILES string of the molecule is COC(=O)c1cnc(NC(=O)c2cccc(S(=O)(=O)NC3CC3)c2)s1. The predicted octanol–water partition coefficient (Wildman–Crippen LogP) is 1.62. The second kappa shape index (κ2) is 6.90. The van der Waals surface area contributed by atoms with E-state index >= 15 is 0 Å². The molecule has 1 amide bonds. The third-order valence-corrected chi connectivity index (χ3v) is 5.83. The van der Waals surface area contributed by atoms with Crippen molar-refractivity contribution in [2.24, 2.45) is 0 Å². The minimum atomic E-state index is -3.64. The van der Waals surface area contributed by atoms with E-state index in [0.717, 1.165) is 24.2 Å². The lowest BCUT2D eigenvalue weighted by atomic mass is 10.2. The van der Waals surface area contributed by atoms with E-state index in [1.165, 1.54) is 37.6 Å². The first-order chi connectivity index (χ1) is 11.9. The summed E-state index contributed by atoms with van der Waals surface area (Å²) in [6.45, 7) is 0. The highest BCUT2D eigenvalue weighted by Crippen LogP contribution is 2.23. The lowest BCUT2D eigenvalue weighted by Crippen LogP contribution is -2.26. The number of carbonyl (C=O) groups excluding carboxylic acids is 2. The number of methoxy groups -OCH3 is 1. The van der Waals surface area contributed by atoms with Gasteiger partial charge in [-0.3, -0.25) is 10.1 Å². The van der Waals surface area contributed by atoms with Crippen molar-refractivity contribution in [1.29, 1.82) is 0 Å². The molecule has 0 atom stereocenters. The molecule has 10 heteroatoms. The fraction of sp³-hybridized carbons (Fsp3) is 0.267. The minimum absolute atomic E-state index is 0.0189. The van der Waals surface area contributed by atoms with E-state index in [1.807, 2.05) is 0 Å². The highest BCUT2D eigenvalue weighted by molar-refractivity contribution is 7.89. The molecule has 0 bridgehead atoms. The molecule has 0 spiro atoms. The summed E-state index contributed by atoms with van der Waals surface area (Å²) >= 11 is 0.967. The number of benzene rings is 1. The third-order valence-electron chi connectivity index (χ3n) is 3.42. The average Bonchev–Trinajstić information content (AvgIpc) is 3.28. The van der Waals surface area contributed by atoms with E-state index in [2.05, 4.69) is 19.8 Å². The summed E-state index contributed by atoms with van der Waals surface area (Å²) in [5, 5.41) is 2.75. The zero-order valence-corrected chi connectivity index (χ0v) is 14.8. The monoisotopic (exact) mass is 381 g/mol. The highest BCUT2D eigenvalue weighted by Gasteiger charge is 2.28. The number of carbonyl (C=O) groups is 2. The first-order valence-corrected chi connectivity index (χ1v) is 9.67. The maximum Gasteiger partial charge on any atom is 0.349 e. The van der Waals surface area contributed by atoms with Crippen LogP contribution in [0.2, 0.25) is 0 Å². The topological polar surface area (TPSA) is 114 Å². The van der Waals surface area contributed by atoms with Gasteiger partial charge in [0.2, 0.25) is 10.0 Å². The molecular formula is C15H15N3O5S2. The quantitative estimate of drug-likeness (QED) is 0.735. The number of esters is 1. The number of rotatable bonds is 6. The van der Waals surface area contributed by atoms with Crippen molar-refractivity contribution >= 4 is 38.4 Å². The Morgan fingerprint density at radius 2 is 2.08 bits per heavy atom. The van der Waals surface area contributed by atoms with Gasteiger partial charge in [-0.05, 0) is 31.0 Å².